The van der Waals surface area contributed by atoms with Gasteiger partial charge in [0, 0.05) is 6.07 Å². The number of thioether (sulfide) groups is 1. The Morgan fingerprint density at radius 3 is 3.00 bits per heavy atom. The lowest BCUT2D eigenvalue weighted by atomic mass is 10.6. The summed E-state index contributed by atoms with van der Waals surface area (Å²) in [6, 6.07) is 1.77. The van der Waals surface area contributed by atoms with Gasteiger partial charge in [-0.15, -0.1) is 11.8 Å². The lowest BCUT2D eigenvalue weighted by Gasteiger charge is -1.95. The summed E-state index contributed by atoms with van der Waals surface area (Å²) in [5.74, 6) is 1.54. The fraction of sp³-hybridized carbons (Fsp3) is 0.333. The number of nitrogen functional groups attached to an aromatic ring is 1. The zero-order chi connectivity index (χ0) is 7.40. The molecule has 0 radical (unpaired) electrons. The van der Waals surface area contributed by atoms with E-state index < -0.39 is 0 Å². The molecule has 0 aromatic carbocycles. The molecule has 0 aliphatic rings. The summed E-state index contributed by atoms with van der Waals surface area (Å²) in [6.07, 6.45) is 1.48. The van der Waals surface area contributed by atoms with E-state index >= 15 is 0 Å². The van der Waals surface area contributed by atoms with Gasteiger partial charge in [-0.25, -0.2) is 9.97 Å². The Kier molecular flexibility index (Phi) is 2.50. The van der Waals surface area contributed by atoms with Crippen molar-refractivity contribution in [2.75, 3.05) is 11.5 Å². The number of nitrogens with zero attached hydrogens (tertiary/aromatic N) is 2. The van der Waals surface area contributed by atoms with Gasteiger partial charge in [-0.2, -0.15) is 0 Å². The smallest absolute Gasteiger partial charge is 0.127 e. The molecule has 0 fully saturated rings. The summed E-state index contributed by atoms with van der Waals surface area (Å²) in [5.41, 5.74) is 5.42. The summed E-state index contributed by atoms with van der Waals surface area (Å²) in [7, 11) is 0. The van der Waals surface area contributed by atoms with Crippen LogP contribution >= 0.6 is 11.8 Å². The molecule has 2 N–H and O–H groups in total. The van der Waals surface area contributed by atoms with Gasteiger partial charge < -0.3 is 5.73 Å². The molecule has 10 heavy (non-hydrogen) atoms. The highest BCUT2D eigenvalue weighted by Gasteiger charge is 1.92. The largest absolute Gasteiger partial charge is 0.384 e. The minimum absolute atomic E-state index is 0.533. The maximum absolute atomic E-state index is 5.42. The van der Waals surface area contributed by atoms with Gasteiger partial charge in [-0.05, 0) is 5.75 Å². The topological polar surface area (TPSA) is 51.8 Å². The quantitative estimate of drug-likeness (QED) is 0.514. The van der Waals surface area contributed by atoms with E-state index in [0.29, 0.717) is 5.82 Å². The molecule has 4 heteroatoms. The molecule has 0 aliphatic heterocycles. The maximum atomic E-state index is 5.42. The number of nitrogens with two attached hydrogens (primary N) is 1. The molecule has 1 aromatic rings. The Hall–Kier alpha value is -0.770. The van der Waals surface area contributed by atoms with Crippen molar-refractivity contribution in [3.05, 3.63) is 12.4 Å². The molecule has 0 saturated heterocycles. The Morgan fingerprint density at radius 2 is 2.40 bits per heavy atom. The molecule has 1 heterocycles. The highest BCUT2D eigenvalue weighted by atomic mass is 32.2. The summed E-state index contributed by atoms with van der Waals surface area (Å²) >= 11 is 1.66. The van der Waals surface area contributed by atoms with Crippen LogP contribution in [0.15, 0.2) is 17.4 Å². The first-order valence-corrected chi connectivity index (χ1v) is 4.02. The van der Waals surface area contributed by atoms with E-state index in [-0.39, 0.29) is 0 Å². The van der Waals surface area contributed by atoms with E-state index in [1.807, 2.05) is 0 Å². The van der Waals surface area contributed by atoms with Crippen LogP contribution in [0.4, 0.5) is 5.82 Å². The molecule has 0 amide bonds. The molecule has 3 nitrogen and oxygen atoms in total. The Balaban J connectivity index is 2.75. The monoisotopic (exact) mass is 155 g/mol. The second-order valence-corrected chi connectivity index (χ2v) is 3.00. The minimum Gasteiger partial charge on any atom is -0.384 e. The summed E-state index contributed by atoms with van der Waals surface area (Å²) in [4.78, 5) is 7.78. The zero-order valence-corrected chi connectivity index (χ0v) is 6.56. The van der Waals surface area contributed by atoms with Crippen LogP contribution < -0.4 is 5.73 Å². The summed E-state index contributed by atoms with van der Waals surface area (Å²) in [5, 5.41) is 0.940. The molecule has 0 unspecified atom stereocenters. The number of hydrogen-bond acceptors (Lipinski definition) is 4. The van der Waals surface area contributed by atoms with Crippen LogP contribution in [0, 0.1) is 0 Å². The van der Waals surface area contributed by atoms with Gasteiger partial charge >= 0.3 is 0 Å². The first-order valence-electron chi connectivity index (χ1n) is 3.03. The van der Waals surface area contributed by atoms with Crippen molar-refractivity contribution in [2.45, 2.75) is 11.9 Å². The Morgan fingerprint density at radius 1 is 1.60 bits per heavy atom. The van der Waals surface area contributed by atoms with E-state index in [0.717, 1.165) is 10.8 Å². The third-order valence-electron chi connectivity index (χ3n) is 0.955. The van der Waals surface area contributed by atoms with Crippen molar-refractivity contribution in [1.29, 1.82) is 0 Å². The fourth-order valence-electron chi connectivity index (χ4n) is 0.580. The highest BCUT2D eigenvalue weighted by molar-refractivity contribution is 7.99. The van der Waals surface area contributed by atoms with Crippen LogP contribution in [-0.2, 0) is 0 Å². The third-order valence-corrected chi connectivity index (χ3v) is 1.76. The number of rotatable bonds is 2. The number of anilines is 1. The van der Waals surface area contributed by atoms with Gasteiger partial charge in [0.2, 0.25) is 0 Å². The van der Waals surface area contributed by atoms with Crippen LogP contribution in [-0.4, -0.2) is 15.7 Å². The van der Waals surface area contributed by atoms with Crippen molar-refractivity contribution in [1.82, 2.24) is 9.97 Å². The fourth-order valence-corrected chi connectivity index (χ4v) is 1.20. The zero-order valence-electron chi connectivity index (χ0n) is 5.74. The molecular formula is C6H9N3S. The molecule has 1 aromatic heterocycles. The second kappa shape index (κ2) is 3.41. The van der Waals surface area contributed by atoms with E-state index in [1.54, 1.807) is 17.8 Å². The van der Waals surface area contributed by atoms with Gasteiger partial charge in [0.05, 0.1) is 0 Å². The number of hydrogen-bond donors (Lipinski definition) is 1. The van der Waals surface area contributed by atoms with E-state index in [2.05, 4.69) is 16.9 Å². The van der Waals surface area contributed by atoms with Crippen molar-refractivity contribution < 1.29 is 0 Å². The standard InChI is InChI=1S/C6H9N3S/c1-2-10-6-3-5(7)8-4-9-6/h3-4H,2H2,1H3,(H2,7,8,9). The average Bonchev–Trinajstić information content (AvgIpc) is 1.88. The molecule has 1 rings (SSSR count). The van der Waals surface area contributed by atoms with E-state index in [9.17, 15) is 0 Å². The first-order chi connectivity index (χ1) is 4.83. The normalized spacial score (nSPS) is 9.70. The first kappa shape index (κ1) is 7.34. The van der Waals surface area contributed by atoms with Crippen molar-refractivity contribution in [2.24, 2.45) is 0 Å². The van der Waals surface area contributed by atoms with Gasteiger partial charge in [0.25, 0.3) is 0 Å². The number of aromatic nitrogens is 2. The van der Waals surface area contributed by atoms with Crippen molar-refractivity contribution in [3.8, 4) is 0 Å². The second-order valence-electron chi connectivity index (χ2n) is 1.71. The van der Waals surface area contributed by atoms with Crippen LogP contribution in [0.3, 0.4) is 0 Å². The molecule has 0 bridgehead atoms. The Labute approximate surface area is 64.1 Å². The van der Waals surface area contributed by atoms with Crippen LogP contribution in [0.2, 0.25) is 0 Å². The maximum Gasteiger partial charge on any atom is 0.127 e. The minimum atomic E-state index is 0.533. The summed E-state index contributed by atoms with van der Waals surface area (Å²) < 4.78 is 0. The van der Waals surface area contributed by atoms with Gasteiger partial charge in [-0.3, -0.25) is 0 Å². The van der Waals surface area contributed by atoms with Crippen LogP contribution in [0.5, 0.6) is 0 Å². The van der Waals surface area contributed by atoms with E-state index in [4.69, 9.17) is 5.73 Å². The van der Waals surface area contributed by atoms with Crippen LogP contribution in [0.1, 0.15) is 6.92 Å². The van der Waals surface area contributed by atoms with Crippen molar-refractivity contribution in [3.63, 3.8) is 0 Å². The Bertz CT molecular complexity index is 214. The van der Waals surface area contributed by atoms with Crippen LogP contribution in [0.25, 0.3) is 0 Å². The molecule has 0 saturated carbocycles. The predicted octanol–water partition coefficient (Wildman–Crippen LogP) is 1.17. The molecule has 54 valence electrons. The van der Waals surface area contributed by atoms with Gasteiger partial charge in [0.1, 0.15) is 17.2 Å². The van der Waals surface area contributed by atoms with Gasteiger partial charge in [-0.1, -0.05) is 6.92 Å². The molecule has 0 aliphatic carbocycles. The lowest BCUT2D eigenvalue weighted by Crippen LogP contribution is -1.91. The van der Waals surface area contributed by atoms with E-state index in [1.165, 1.54) is 6.33 Å². The molecule has 0 spiro atoms. The highest BCUT2D eigenvalue weighted by Crippen LogP contribution is 2.14. The van der Waals surface area contributed by atoms with Crippen molar-refractivity contribution >= 4 is 17.6 Å². The predicted molar refractivity (Wildman–Crippen MR) is 42.8 cm³/mol. The average molecular weight is 155 g/mol. The van der Waals surface area contributed by atoms with Gasteiger partial charge in [0.15, 0.2) is 0 Å². The SMILES string of the molecule is CCSc1cc(N)ncn1. The molecule has 0 atom stereocenters. The third kappa shape index (κ3) is 1.88. The lowest BCUT2D eigenvalue weighted by molar-refractivity contribution is 1.06. The summed E-state index contributed by atoms with van der Waals surface area (Å²) in [6.45, 7) is 2.07. The molecular weight excluding hydrogens is 146 g/mol.